The molecule has 9 heteroatoms. The van der Waals surface area contributed by atoms with Gasteiger partial charge in [0.25, 0.3) is 0 Å². The molecule has 0 amide bonds. The van der Waals surface area contributed by atoms with Crippen molar-refractivity contribution in [1.29, 1.82) is 0 Å². The number of hydrogen-bond donors (Lipinski definition) is 1. The van der Waals surface area contributed by atoms with Gasteiger partial charge in [0.2, 0.25) is 10.0 Å². The largest absolute Gasteiger partial charge is 0.382 e. The fraction of sp³-hybridized carbons (Fsp3) is 0.933. The topological polar surface area (TPSA) is 83.5 Å². The van der Waals surface area contributed by atoms with Gasteiger partial charge in [0.1, 0.15) is 0 Å². The average molecular weight is 362 g/mol. The second kappa shape index (κ2) is 9.55. The second-order valence-electron chi connectivity index (χ2n) is 6.21. The van der Waals surface area contributed by atoms with E-state index in [1.54, 1.807) is 18.5 Å². The molecule has 2 heterocycles. The highest BCUT2D eigenvalue weighted by Gasteiger charge is 2.28. The molecular weight excluding hydrogens is 332 g/mol. The monoisotopic (exact) mass is 362 g/mol. The summed E-state index contributed by atoms with van der Waals surface area (Å²) in [6, 6.07) is 0. The zero-order valence-electron chi connectivity index (χ0n) is 14.7. The van der Waals surface area contributed by atoms with Gasteiger partial charge in [-0.3, -0.25) is 4.99 Å². The molecule has 2 aliphatic rings. The van der Waals surface area contributed by atoms with Crippen LogP contribution in [0.3, 0.4) is 0 Å². The van der Waals surface area contributed by atoms with E-state index in [0.29, 0.717) is 38.8 Å². The molecule has 0 spiro atoms. The van der Waals surface area contributed by atoms with Crippen LogP contribution in [0.4, 0.5) is 0 Å². The Hall–Kier alpha value is -0.900. The molecule has 8 nitrogen and oxygen atoms in total. The van der Waals surface area contributed by atoms with Crippen LogP contribution in [-0.4, -0.2) is 96.0 Å². The summed E-state index contributed by atoms with van der Waals surface area (Å²) in [5, 5.41) is 3.28. The number of nitrogens with zero attached hydrogens (tertiary/aromatic N) is 3. The summed E-state index contributed by atoms with van der Waals surface area (Å²) in [5.41, 5.74) is 0. The van der Waals surface area contributed by atoms with Gasteiger partial charge in [-0.2, -0.15) is 0 Å². The van der Waals surface area contributed by atoms with E-state index in [1.165, 1.54) is 0 Å². The van der Waals surface area contributed by atoms with Gasteiger partial charge in [-0.25, -0.2) is 12.7 Å². The molecule has 0 aromatic rings. The average Bonchev–Trinajstić information content (AvgIpc) is 3.15. The van der Waals surface area contributed by atoms with Crippen LogP contribution >= 0.6 is 0 Å². The maximum absolute atomic E-state index is 11.8. The molecule has 1 atom stereocenters. The predicted octanol–water partition coefficient (Wildman–Crippen LogP) is -0.418. The van der Waals surface area contributed by atoms with E-state index < -0.39 is 10.0 Å². The molecule has 1 N–H and O–H groups in total. The van der Waals surface area contributed by atoms with Crippen LogP contribution in [0.1, 0.15) is 12.8 Å². The Morgan fingerprint density at radius 2 is 2.17 bits per heavy atom. The molecule has 0 bridgehead atoms. The summed E-state index contributed by atoms with van der Waals surface area (Å²) in [5.74, 6) is 1.61. The summed E-state index contributed by atoms with van der Waals surface area (Å²) in [4.78, 5) is 6.53. The molecule has 0 aliphatic carbocycles. The normalized spacial score (nSPS) is 24.7. The van der Waals surface area contributed by atoms with Gasteiger partial charge in [0.05, 0.1) is 25.6 Å². The van der Waals surface area contributed by atoms with Crippen molar-refractivity contribution in [2.24, 2.45) is 10.9 Å². The molecule has 2 rings (SSSR count). The van der Waals surface area contributed by atoms with Gasteiger partial charge in [-0.1, -0.05) is 0 Å². The SMILES string of the molecule is CN=C(NCCN1CCCS1(=O)=O)N1CCC(COCCOC)C1. The molecule has 0 saturated carbocycles. The number of rotatable bonds is 8. The number of methoxy groups -OCH3 is 1. The minimum Gasteiger partial charge on any atom is -0.382 e. The van der Waals surface area contributed by atoms with Crippen molar-refractivity contribution >= 4 is 16.0 Å². The van der Waals surface area contributed by atoms with E-state index in [0.717, 1.165) is 38.5 Å². The highest BCUT2D eigenvalue weighted by Crippen LogP contribution is 2.16. The maximum Gasteiger partial charge on any atom is 0.214 e. The quantitative estimate of drug-likeness (QED) is 0.359. The lowest BCUT2D eigenvalue weighted by Crippen LogP contribution is -2.43. The second-order valence-corrected chi connectivity index (χ2v) is 8.30. The molecule has 2 saturated heterocycles. The number of aliphatic imine (C=N–C) groups is 1. The summed E-state index contributed by atoms with van der Waals surface area (Å²) in [6.45, 7) is 5.56. The summed E-state index contributed by atoms with van der Waals surface area (Å²) in [6.07, 6.45) is 1.81. The van der Waals surface area contributed by atoms with E-state index >= 15 is 0 Å². The third-order valence-corrected chi connectivity index (χ3v) is 6.39. The number of guanidine groups is 1. The molecular formula is C15H30N4O4S. The van der Waals surface area contributed by atoms with E-state index in [9.17, 15) is 8.42 Å². The number of sulfonamides is 1. The van der Waals surface area contributed by atoms with Crippen molar-refractivity contribution in [3.05, 3.63) is 0 Å². The maximum atomic E-state index is 11.8. The Labute approximate surface area is 145 Å². The first-order valence-electron chi connectivity index (χ1n) is 8.57. The van der Waals surface area contributed by atoms with Crippen LogP contribution in [0.5, 0.6) is 0 Å². The first-order chi connectivity index (χ1) is 11.6. The van der Waals surface area contributed by atoms with Gasteiger partial charge in [-0.05, 0) is 12.8 Å². The Bertz CT molecular complexity index is 512. The van der Waals surface area contributed by atoms with E-state index in [2.05, 4.69) is 15.2 Å². The van der Waals surface area contributed by atoms with Crippen LogP contribution in [0.15, 0.2) is 4.99 Å². The number of hydrogen-bond acceptors (Lipinski definition) is 5. The number of nitrogens with one attached hydrogen (secondary N) is 1. The Kier molecular flexibility index (Phi) is 7.73. The molecule has 1 unspecified atom stereocenters. The molecule has 24 heavy (non-hydrogen) atoms. The van der Waals surface area contributed by atoms with Gasteiger partial charge in [-0.15, -0.1) is 0 Å². The minimum absolute atomic E-state index is 0.276. The summed E-state index contributed by atoms with van der Waals surface area (Å²) >= 11 is 0. The predicted molar refractivity (Wildman–Crippen MR) is 93.7 cm³/mol. The minimum atomic E-state index is -3.02. The van der Waals surface area contributed by atoms with E-state index in [4.69, 9.17) is 9.47 Å². The molecule has 0 aromatic heterocycles. The van der Waals surface area contributed by atoms with Crippen LogP contribution < -0.4 is 5.32 Å². The van der Waals surface area contributed by atoms with Crippen molar-refractivity contribution in [2.75, 3.05) is 72.5 Å². The lowest BCUT2D eigenvalue weighted by Gasteiger charge is -2.23. The van der Waals surface area contributed by atoms with Gasteiger partial charge >= 0.3 is 0 Å². The zero-order valence-corrected chi connectivity index (χ0v) is 15.6. The fourth-order valence-electron chi connectivity index (χ4n) is 3.12. The van der Waals surface area contributed by atoms with Crippen molar-refractivity contribution in [3.63, 3.8) is 0 Å². The van der Waals surface area contributed by atoms with Crippen LogP contribution in [-0.2, 0) is 19.5 Å². The van der Waals surface area contributed by atoms with Crippen LogP contribution in [0.2, 0.25) is 0 Å². The summed E-state index contributed by atoms with van der Waals surface area (Å²) < 4.78 is 35.7. The lowest BCUT2D eigenvalue weighted by atomic mass is 10.1. The van der Waals surface area contributed by atoms with Gasteiger partial charge < -0.3 is 19.7 Å². The third kappa shape index (κ3) is 5.58. The first kappa shape index (κ1) is 19.4. The van der Waals surface area contributed by atoms with Gasteiger partial charge in [0, 0.05) is 52.8 Å². The van der Waals surface area contributed by atoms with Crippen LogP contribution in [0, 0.1) is 5.92 Å². The number of likely N-dealkylation sites (tertiary alicyclic amines) is 1. The standard InChI is InChI=1S/C15H30N4O4S/c1-16-15(17-5-8-19-6-3-11-24(19,20)21)18-7-4-14(12-18)13-23-10-9-22-2/h14H,3-13H2,1-2H3,(H,16,17). The van der Waals surface area contributed by atoms with Crippen molar-refractivity contribution in [2.45, 2.75) is 12.8 Å². The fourth-order valence-corrected chi connectivity index (χ4v) is 4.65. The van der Waals surface area contributed by atoms with E-state index in [1.807, 2.05) is 0 Å². The Morgan fingerprint density at radius 3 is 2.83 bits per heavy atom. The van der Waals surface area contributed by atoms with Crippen molar-refractivity contribution < 1.29 is 17.9 Å². The van der Waals surface area contributed by atoms with Crippen molar-refractivity contribution in [3.8, 4) is 0 Å². The third-order valence-electron chi connectivity index (χ3n) is 4.43. The molecule has 140 valence electrons. The van der Waals surface area contributed by atoms with E-state index in [-0.39, 0.29) is 5.75 Å². The zero-order chi connectivity index (χ0) is 17.4. The molecule has 2 aliphatic heterocycles. The molecule has 0 aromatic carbocycles. The first-order valence-corrected chi connectivity index (χ1v) is 10.2. The van der Waals surface area contributed by atoms with Crippen molar-refractivity contribution in [1.82, 2.24) is 14.5 Å². The van der Waals surface area contributed by atoms with Crippen LogP contribution in [0.25, 0.3) is 0 Å². The van der Waals surface area contributed by atoms with Gasteiger partial charge in [0.15, 0.2) is 5.96 Å². The Balaban J connectivity index is 1.69. The smallest absolute Gasteiger partial charge is 0.214 e. The lowest BCUT2D eigenvalue weighted by molar-refractivity contribution is 0.0536. The molecule has 2 fully saturated rings. The number of ether oxygens (including phenoxy) is 2. The highest BCUT2D eigenvalue weighted by molar-refractivity contribution is 7.89. The Morgan fingerprint density at radius 1 is 1.33 bits per heavy atom. The molecule has 0 radical (unpaired) electrons. The summed E-state index contributed by atoms with van der Waals surface area (Å²) in [7, 11) is 0.410. The highest BCUT2D eigenvalue weighted by atomic mass is 32.2.